The first-order chi connectivity index (χ1) is 7.43. The Morgan fingerprint density at radius 1 is 1.38 bits per heavy atom. The number of nitrogens with two attached hydrogens (primary N) is 1. The maximum atomic E-state index is 12.0. The molecule has 0 spiro atoms. The van der Waals surface area contributed by atoms with Crippen molar-refractivity contribution in [1.82, 2.24) is 4.31 Å². The quantitative estimate of drug-likeness (QED) is 0.859. The standard InChI is InChI=1S/C11H18N2O2S/c1-4-13(3)16(14,15)11-6-5-9(2)10(7-11)8-12/h5-7H,4,8,12H2,1-3H3. The number of hydrogen-bond donors (Lipinski definition) is 1. The molecule has 0 aromatic heterocycles. The number of benzene rings is 1. The number of sulfonamides is 1. The molecule has 0 fully saturated rings. The zero-order chi connectivity index (χ0) is 12.3. The van der Waals surface area contributed by atoms with Crippen molar-refractivity contribution >= 4 is 10.0 Å². The molecular formula is C11H18N2O2S. The molecule has 0 atom stereocenters. The summed E-state index contributed by atoms with van der Waals surface area (Å²) in [5.41, 5.74) is 7.44. The van der Waals surface area contributed by atoms with Crippen molar-refractivity contribution in [3.05, 3.63) is 29.3 Å². The highest BCUT2D eigenvalue weighted by atomic mass is 32.2. The van der Waals surface area contributed by atoms with Crippen LogP contribution in [0.15, 0.2) is 23.1 Å². The van der Waals surface area contributed by atoms with Crippen molar-refractivity contribution < 1.29 is 8.42 Å². The first-order valence-corrected chi connectivity index (χ1v) is 6.63. The normalized spacial score (nSPS) is 12.1. The van der Waals surface area contributed by atoms with E-state index in [1.165, 1.54) is 4.31 Å². The van der Waals surface area contributed by atoms with Crippen LogP contribution in [-0.4, -0.2) is 26.3 Å². The van der Waals surface area contributed by atoms with Gasteiger partial charge in [0.2, 0.25) is 10.0 Å². The average Bonchev–Trinajstić information content (AvgIpc) is 2.28. The summed E-state index contributed by atoms with van der Waals surface area (Å²) in [6.07, 6.45) is 0. The van der Waals surface area contributed by atoms with E-state index in [4.69, 9.17) is 5.73 Å². The van der Waals surface area contributed by atoms with E-state index < -0.39 is 10.0 Å². The fraction of sp³-hybridized carbons (Fsp3) is 0.455. The Morgan fingerprint density at radius 3 is 2.50 bits per heavy atom. The summed E-state index contributed by atoms with van der Waals surface area (Å²) >= 11 is 0. The molecule has 0 radical (unpaired) electrons. The van der Waals surface area contributed by atoms with E-state index in [0.717, 1.165) is 11.1 Å². The summed E-state index contributed by atoms with van der Waals surface area (Å²) in [5, 5.41) is 0. The average molecular weight is 242 g/mol. The summed E-state index contributed by atoms with van der Waals surface area (Å²) in [7, 11) is -1.79. The number of aryl methyl sites for hydroxylation is 1. The molecule has 0 heterocycles. The number of hydrogen-bond acceptors (Lipinski definition) is 3. The molecule has 0 unspecified atom stereocenters. The molecule has 5 heteroatoms. The van der Waals surface area contributed by atoms with Crippen molar-refractivity contribution in [2.45, 2.75) is 25.3 Å². The minimum atomic E-state index is -3.36. The SMILES string of the molecule is CCN(C)S(=O)(=O)c1ccc(C)c(CN)c1. The molecule has 4 nitrogen and oxygen atoms in total. The van der Waals surface area contributed by atoms with E-state index in [-0.39, 0.29) is 0 Å². The Hall–Kier alpha value is -0.910. The van der Waals surface area contributed by atoms with Gasteiger partial charge in [0.1, 0.15) is 0 Å². The van der Waals surface area contributed by atoms with Gasteiger partial charge in [-0.1, -0.05) is 13.0 Å². The van der Waals surface area contributed by atoms with Gasteiger partial charge < -0.3 is 5.73 Å². The molecule has 90 valence electrons. The molecule has 1 rings (SSSR count). The molecule has 16 heavy (non-hydrogen) atoms. The van der Waals surface area contributed by atoms with Gasteiger partial charge in [0.25, 0.3) is 0 Å². The third-order valence-corrected chi connectivity index (χ3v) is 4.62. The topological polar surface area (TPSA) is 63.4 Å². The highest BCUT2D eigenvalue weighted by Crippen LogP contribution is 2.18. The maximum Gasteiger partial charge on any atom is 0.242 e. The van der Waals surface area contributed by atoms with E-state index in [1.54, 1.807) is 32.2 Å². The fourth-order valence-corrected chi connectivity index (χ4v) is 2.61. The lowest BCUT2D eigenvalue weighted by Crippen LogP contribution is -2.26. The van der Waals surface area contributed by atoms with Crippen molar-refractivity contribution in [1.29, 1.82) is 0 Å². The van der Waals surface area contributed by atoms with E-state index >= 15 is 0 Å². The lowest BCUT2D eigenvalue weighted by molar-refractivity contribution is 0.486. The van der Waals surface area contributed by atoms with Crippen LogP contribution >= 0.6 is 0 Å². The van der Waals surface area contributed by atoms with Gasteiger partial charge in [-0.15, -0.1) is 0 Å². The van der Waals surface area contributed by atoms with Crippen molar-refractivity contribution in [3.8, 4) is 0 Å². The van der Waals surface area contributed by atoms with E-state index in [2.05, 4.69) is 0 Å². The minimum absolute atomic E-state index is 0.308. The molecule has 0 aliphatic rings. The smallest absolute Gasteiger partial charge is 0.242 e. The van der Waals surface area contributed by atoms with Gasteiger partial charge in [0.05, 0.1) is 4.90 Å². The van der Waals surface area contributed by atoms with Crippen molar-refractivity contribution in [3.63, 3.8) is 0 Å². The van der Waals surface area contributed by atoms with Crippen LogP contribution in [0.25, 0.3) is 0 Å². The van der Waals surface area contributed by atoms with Gasteiger partial charge in [0, 0.05) is 20.1 Å². The molecule has 0 aliphatic carbocycles. The first kappa shape index (κ1) is 13.2. The molecule has 0 bridgehead atoms. The van der Waals surface area contributed by atoms with Crippen molar-refractivity contribution in [2.24, 2.45) is 5.73 Å². The summed E-state index contributed by atoms with van der Waals surface area (Å²) in [5.74, 6) is 0. The van der Waals surface area contributed by atoms with Crippen LogP contribution in [0.1, 0.15) is 18.1 Å². The number of rotatable bonds is 4. The Bertz CT molecular complexity index is 469. The van der Waals surface area contributed by atoms with Gasteiger partial charge in [-0.05, 0) is 30.2 Å². The van der Waals surface area contributed by atoms with Crippen LogP contribution in [0.3, 0.4) is 0 Å². The van der Waals surface area contributed by atoms with Gasteiger partial charge >= 0.3 is 0 Å². The van der Waals surface area contributed by atoms with Crippen molar-refractivity contribution in [2.75, 3.05) is 13.6 Å². The van der Waals surface area contributed by atoms with Gasteiger partial charge in [-0.25, -0.2) is 12.7 Å². The first-order valence-electron chi connectivity index (χ1n) is 5.19. The number of nitrogens with zero attached hydrogens (tertiary/aromatic N) is 1. The zero-order valence-electron chi connectivity index (χ0n) is 9.90. The monoisotopic (exact) mass is 242 g/mol. The third kappa shape index (κ3) is 2.42. The molecule has 1 aromatic rings. The lowest BCUT2D eigenvalue weighted by Gasteiger charge is -2.16. The second-order valence-electron chi connectivity index (χ2n) is 3.71. The molecule has 2 N–H and O–H groups in total. The second kappa shape index (κ2) is 4.95. The van der Waals surface area contributed by atoms with Crippen LogP contribution in [0.5, 0.6) is 0 Å². The Labute approximate surface area is 97.1 Å². The van der Waals surface area contributed by atoms with E-state index in [0.29, 0.717) is 18.0 Å². The highest BCUT2D eigenvalue weighted by Gasteiger charge is 2.19. The molecule has 0 aliphatic heterocycles. The summed E-state index contributed by atoms with van der Waals surface area (Å²) in [6, 6.07) is 5.06. The Kier molecular flexibility index (Phi) is 4.07. The van der Waals surface area contributed by atoms with Crippen LogP contribution in [0, 0.1) is 6.92 Å². The third-order valence-electron chi connectivity index (χ3n) is 2.69. The lowest BCUT2D eigenvalue weighted by atomic mass is 10.1. The van der Waals surface area contributed by atoms with E-state index in [1.807, 2.05) is 6.92 Å². The van der Waals surface area contributed by atoms with Crippen LogP contribution < -0.4 is 5.73 Å². The summed E-state index contributed by atoms with van der Waals surface area (Å²) < 4.78 is 25.4. The molecule has 0 amide bonds. The van der Waals surface area contributed by atoms with Crippen LogP contribution in [0.2, 0.25) is 0 Å². The maximum absolute atomic E-state index is 12.0. The van der Waals surface area contributed by atoms with Crippen LogP contribution in [-0.2, 0) is 16.6 Å². The molecule has 0 saturated heterocycles. The summed E-state index contributed by atoms with van der Waals surface area (Å²) in [6.45, 7) is 4.52. The predicted octanol–water partition coefficient (Wildman–Crippen LogP) is 1.09. The molecule has 1 aromatic carbocycles. The van der Waals surface area contributed by atoms with Gasteiger partial charge in [-0.2, -0.15) is 0 Å². The Balaban J connectivity index is 3.24. The molecule has 0 saturated carbocycles. The Morgan fingerprint density at radius 2 is 2.00 bits per heavy atom. The largest absolute Gasteiger partial charge is 0.326 e. The minimum Gasteiger partial charge on any atom is -0.326 e. The highest BCUT2D eigenvalue weighted by molar-refractivity contribution is 7.89. The summed E-state index contributed by atoms with van der Waals surface area (Å²) in [4.78, 5) is 0.308. The van der Waals surface area contributed by atoms with Gasteiger partial charge in [0.15, 0.2) is 0 Å². The van der Waals surface area contributed by atoms with Crippen LogP contribution in [0.4, 0.5) is 0 Å². The fourth-order valence-electron chi connectivity index (χ4n) is 1.38. The second-order valence-corrected chi connectivity index (χ2v) is 5.76. The zero-order valence-corrected chi connectivity index (χ0v) is 10.7. The molecular weight excluding hydrogens is 224 g/mol. The predicted molar refractivity (Wildman–Crippen MR) is 64.6 cm³/mol. The van der Waals surface area contributed by atoms with Gasteiger partial charge in [-0.3, -0.25) is 0 Å². The van der Waals surface area contributed by atoms with E-state index in [9.17, 15) is 8.42 Å².